The molecule has 7 aromatic heterocycles. The van der Waals surface area contributed by atoms with Gasteiger partial charge >= 0.3 is 0 Å². The Bertz CT molecular complexity index is 3060. The van der Waals surface area contributed by atoms with E-state index < -0.39 is 0 Å². The van der Waals surface area contributed by atoms with Gasteiger partial charge in [0, 0.05) is 76.3 Å². The summed E-state index contributed by atoms with van der Waals surface area (Å²) in [6.07, 6.45) is 20.6. The highest BCUT2D eigenvalue weighted by Gasteiger charge is 2.33. The summed E-state index contributed by atoms with van der Waals surface area (Å²) < 4.78 is 0. The molecule has 8 aromatic rings. The van der Waals surface area contributed by atoms with Crippen molar-refractivity contribution in [2.45, 2.75) is 419 Å². The largest absolute Gasteiger partial charge is 0.264 e. The van der Waals surface area contributed by atoms with Crippen molar-refractivity contribution in [1.82, 2.24) is 60.7 Å². The number of pyridine rings is 3. The topological polar surface area (TPSA) is 155 Å². The van der Waals surface area contributed by atoms with Gasteiger partial charge in [0.25, 0.3) is 0 Å². The molecule has 0 saturated carbocycles. The molecule has 8 rings (SSSR count). The third-order valence-corrected chi connectivity index (χ3v) is 18.7. The van der Waals surface area contributed by atoms with Crippen LogP contribution in [0.5, 0.6) is 0 Å². The van der Waals surface area contributed by atoms with E-state index in [1.54, 1.807) is 12.5 Å². The van der Waals surface area contributed by atoms with Gasteiger partial charge in [-0.1, -0.05) is 363 Å². The molecule has 0 N–H and O–H groups in total. The third kappa shape index (κ3) is 34.2. The van der Waals surface area contributed by atoms with Gasteiger partial charge in [0.15, 0.2) is 0 Å². The minimum absolute atomic E-state index is 0.0263. The predicted molar refractivity (Wildman–Crippen MR) is 484 cm³/mol. The first-order valence-electron chi connectivity index (χ1n) is 40.9. The number of aromatic nitrogens is 12. The molecule has 0 spiro atoms. The lowest BCUT2D eigenvalue weighted by Crippen LogP contribution is -2.24. The van der Waals surface area contributed by atoms with Crippen molar-refractivity contribution in [2.75, 3.05) is 0 Å². The minimum Gasteiger partial charge on any atom is -0.264 e. The molecule has 0 atom stereocenters. The van der Waals surface area contributed by atoms with E-state index in [1.807, 2.05) is 61.8 Å². The zero-order chi connectivity index (χ0) is 87.9. The van der Waals surface area contributed by atoms with Crippen LogP contribution in [0.15, 0.2) is 123 Å². The SMILES string of the molecule is CC(C)(C)c1ccccc1C(C)(C)C.CC(C)(C)c1cccnc1C(C)(C)C.CC(C)(C)c1ccncc1C(C)(C)C.CC(C)(C)c1ccncc1C(C)(C)C.CC(C)(C)c1ccnnc1C(C)(C)C.CC(C)(C)c1cncnc1C(C)(C)C.CC(C)(C)c1cnncc1C(C)(C)C.CC(C)(C)c1cnnnc1C(C)(C)C. The standard InChI is InChI=1S/C14H22.3C13H21N.3C12H20N2.C11H19N3/c1-13(2,3)11-9-7-8-10-12(11)14(4,5)6;2*1-12(2,3)10-7-8-14-9-11(10)13(4,5)6;1-12(2,3)10-8-7-9-14-11(10)13(4,5)6;1-11(2,3)9-7-13-8-14-10(9)12(4,5)6;1-11(2,3)9-7-13-14-8-10(9)12(4,5)6;1-11(2,3)9-7-8-13-14-10(9)12(4,5)6;1-10(2,3)8-7-12-14-13-9(8)11(4,5)6/h7-10H,1-6H3;3*7-9H,1-6H3;3*7-8H,1-6H3;7H,1-6H3. The second kappa shape index (κ2) is 38.6. The Morgan fingerprint density at radius 3 is 0.696 bits per heavy atom. The molecular weight excluding hydrogens is 1370 g/mol. The van der Waals surface area contributed by atoms with Crippen LogP contribution in [0.1, 0.15) is 422 Å². The van der Waals surface area contributed by atoms with Crippen molar-refractivity contribution < 1.29 is 0 Å². The highest BCUT2D eigenvalue weighted by molar-refractivity contribution is 5.40. The quantitative estimate of drug-likeness (QED) is 0.142. The number of benzene rings is 1. The molecular formula is C100H164N12. The molecule has 624 valence electrons. The fourth-order valence-corrected chi connectivity index (χ4v) is 12.5. The molecule has 0 unspecified atom stereocenters. The zero-order valence-electron chi connectivity index (χ0n) is 80.9. The molecule has 0 saturated heterocycles. The maximum Gasteiger partial charge on any atom is 0.115 e. The molecule has 0 aliphatic carbocycles. The first-order chi connectivity index (χ1) is 49.8. The van der Waals surface area contributed by atoms with Crippen LogP contribution in [0.3, 0.4) is 0 Å². The Hall–Kier alpha value is -7.08. The molecule has 0 bridgehead atoms. The van der Waals surface area contributed by atoms with E-state index in [9.17, 15) is 0 Å². The molecule has 1 aromatic carbocycles. The lowest BCUT2D eigenvalue weighted by atomic mass is 9.75. The Balaban J connectivity index is 0.000000640. The summed E-state index contributed by atoms with van der Waals surface area (Å²) in [5, 5.41) is 27.9. The van der Waals surface area contributed by atoms with Crippen LogP contribution in [0, 0.1) is 0 Å². The first-order valence-corrected chi connectivity index (χ1v) is 40.9. The van der Waals surface area contributed by atoms with E-state index in [-0.39, 0.29) is 86.6 Å². The Kier molecular flexibility index (Phi) is 35.5. The maximum absolute atomic E-state index is 4.52. The Morgan fingerprint density at radius 2 is 0.420 bits per heavy atom. The summed E-state index contributed by atoms with van der Waals surface area (Å²) in [5.41, 5.74) is 22.9. The highest BCUT2D eigenvalue weighted by atomic mass is 15.3. The van der Waals surface area contributed by atoms with Gasteiger partial charge in [0.1, 0.15) is 6.33 Å². The van der Waals surface area contributed by atoms with E-state index in [0.29, 0.717) is 0 Å². The molecule has 7 heterocycles. The molecule has 0 radical (unpaired) electrons. The number of hydrogen-bond acceptors (Lipinski definition) is 12. The van der Waals surface area contributed by atoms with Gasteiger partial charge < -0.3 is 0 Å². The monoisotopic (exact) mass is 1530 g/mol. The van der Waals surface area contributed by atoms with Crippen LogP contribution < -0.4 is 0 Å². The van der Waals surface area contributed by atoms with Crippen molar-refractivity contribution >= 4 is 0 Å². The highest BCUT2D eigenvalue weighted by Crippen LogP contribution is 2.40. The summed E-state index contributed by atoms with van der Waals surface area (Å²) in [5.74, 6) is 0. The average molecular weight is 1530 g/mol. The van der Waals surface area contributed by atoms with E-state index in [4.69, 9.17) is 0 Å². The second-order valence-electron chi connectivity index (χ2n) is 46.9. The number of nitrogens with zero attached hydrogens (tertiary/aromatic N) is 12. The number of hydrogen-bond donors (Lipinski definition) is 0. The van der Waals surface area contributed by atoms with Crippen LogP contribution >= 0.6 is 0 Å². The smallest absolute Gasteiger partial charge is 0.115 e. The van der Waals surface area contributed by atoms with Gasteiger partial charge in [-0.2, -0.15) is 20.4 Å². The summed E-state index contributed by atoms with van der Waals surface area (Å²) in [6, 6.07) is 19.3. The Morgan fingerprint density at radius 1 is 0.170 bits per heavy atom. The summed E-state index contributed by atoms with van der Waals surface area (Å²) in [7, 11) is 0. The van der Waals surface area contributed by atoms with Crippen molar-refractivity contribution in [1.29, 1.82) is 0 Å². The van der Waals surface area contributed by atoms with Crippen LogP contribution in [0.25, 0.3) is 0 Å². The van der Waals surface area contributed by atoms with E-state index in [0.717, 1.165) is 17.1 Å². The normalized spacial score (nSPS) is 13.0. The van der Waals surface area contributed by atoms with Crippen LogP contribution in [0.2, 0.25) is 0 Å². The van der Waals surface area contributed by atoms with Gasteiger partial charge in [-0.25, -0.2) is 9.97 Å². The van der Waals surface area contributed by atoms with Crippen LogP contribution in [0.4, 0.5) is 0 Å². The molecule has 0 aliphatic heterocycles. The van der Waals surface area contributed by atoms with E-state index in [2.05, 4.69) is 442 Å². The van der Waals surface area contributed by atoms with Crippen LogP contribution in [-0.2, 0) is 86.6 Å². The molecule has 0 aliphatic rings. The van der Waals surface area contributed by atoms with Crippen LogP contribution in [-0.4, -0.2) is 60.7 Å². The van der Waals surface area contributed by atoms with Gasteiger partial charge in [-0.05, 0) is 156 Å². The van der Waals surface area contributed by atoms with Gasteiger partial charge in [0.2, 0.25) is 0 Å². The van der Waals surface area contributed by atoms with E-state index >= 15 is 0 Å². The predicted octanol–water partition coefficient (Wildman–Crippen LogP) is 27.0. The van der Waals surface area contributed by atoms with Crippen molar-refractivity contribution in [3.8, 4) is 0 Å². The molecule has 0 amide bonds. The lowest BCUT2D eigenvalue weighted by molar-refractivity contribution is 0.496. The zero-order valence-corrected chi connectivity index (χ0v) is 80.9. The first kappa shape index (κ1) is 103. The fourth-order valence-electron chi connectivity index (χ4n) is 12.5. The molecule has 12 nitrogen and oxygen atoms in total. The molecule has 0 fully saturated rings. The number of rotatable bonds is 0. The average Bonchev–Trinajstić information content (AvgIpc) is 0.863. The third-order valence-electron chi connectivity index (χ3n) is 18.7. The minimum atomic E-state index is 0.0263. The van der Waals surface area contributed by atoms with Gasteiger partial charge in [-0.3, -0.25) is 15.0 Å². The second-order valence-corrected chi connectivity index (χ2v) is 46.9. The molecule has 12 heteroatoms. The Labute approximate surface area is 688 Å². The fraction of sp³-hybridized carbons (Fsp3) is 0.640. The lowest BCUT2D eigenvalue weighted by Gasteiger charge is -2.29. The summed E-state index contributed by atoms with van der Waals surface area (Å²) >= 11 is 0. The van der Waals surface area contributed by atoms with Gasteiger partial charge in [0.05, 0.1) is 35.7 Å². The molecule has 112 heavy (non-hydrogen) atoms. The van der Waals surface area contributed by atoms with Crippen molar-refractivity contribution in [2.24, 2.45) is 0 Å². The van der Waals surface area contributed by atoms with Crippen molar-refractivity contribution in [3.63, 3.8) is 0 Å². The van der Waals surface area contributed by atoms with E-state index in [1.165, 1.54) is 72.5 Å². The summed E-state index contributed by atoms with van der Waals surface area (Å²) in [6.45, 7) is 106. The van der Waals surface area contributed by atoms with Crippen molar-refractivity contribution in [3.05, 3.63) is 212 Å². The maximum atomic E-state index is 4.52. The summed E-state index contributed by atoms with van der Waals surface area (Å²) in [4.78, 5) is 21.5. The van der Waals surface area contributed by atoms with Gasteiger partial charge in [-0.15, -0.1) is 10.2 Å².